The Bertz CT molecular complexity index is 499. The summed E-state index contributed by atoms with van der Waals surface area (Å²) in [6.45, 7) is 5.04. The number of methoxy groups -OCH3 is 2. The predicted octanol–water partition coefficient (Wildman–Crippen LogP) is 1.56. The summed E-state index contributed by atoms with van der Waals surface area (Å²) in [4.78, 5) is 6.31. The lowest BCUT2D eigenvalue weighted by Gasteiger charge is -2.26. The van der Waals surface area contributed by atoms with Gasteiger partial charge >= 0.3 is 0 Å². The molecule has 5 heteroatoms. The molecule has 1 heterocycles. The van der Waals surface area contributed by atoms with Gasteiger partial charge in [0.15, 0.2) is 5.96 Å². The average Bonchev–Trinajstić information content (AvgIpc) is 2.80. The van der Waals surface area contributed by atoms with Gasteiger partial charge in [0, 0.05) is 18.2 Å². The molecule has 1 aliphatic heterocycles. The van der Waals surface area contributed by atoms with Gasteiger partial charge in [0.25, 0.3) is 0 Å². The molecule has 0 fully saturated rings. The molecule has 102 valence electrons. The third kappa shape index (κ3) is 2.50. The average molecular weight is 261 g/mol. The zero-order valence-electron chi connectivity index (χ0n) is 11.3. The molecule has 0 saturated carbocycles. The Hall–Kier alpha value is -2.17. The Morgan fingerprint density at radius 1 is 1.47 bits per heavy atom. The van der Waals surface area contributed by atoms with Gasteiger partial charge in [-0.3, -0.25) is 4.99 Å². The van der Waals surface area contributed by atoms with Crippen LogP contribution in [0.2, 0.25) is 0 Å². The summed E-state index contributed by atoms with van der Waals surface area (Å²) in [5, 5.41) is 0. The highest BCUT2D eigenvalue weighted by molar-refractivity contribution is 5.80. The lowest BCUT2D eigenvalue weighted by Crippen LogP contribution is -2.36. The number of nitrogens with zero attached hydrogens (tertiary/aromatic N) is 2. The van der Waals surface area contributed by atoms with Gasteiger partial charge in [-0.1, -0.05) is 6.08 Å². The maximum absolute atomic E-state index is 5.90. The van der Waals surface area contributed by atoms with Gasteiger partial charge in [0.05, 0.1) is 26.8 Å². The van der Waals surface area contributed by atoms with Crippen molar-refractivity contribution in [2.75, 3.05) is 27.3 Å². The quantitative estimate of drug-likeness (QED) is 0.817. The molecule has 0 amide bonds. The third-order valence-electron chi connectivity index (χ3n) is 3.22. The standard InChI is InChI=1S/C14H19N3O2/c1-4-7-17-12(9-16-14(17)15)11-6-5-10(18-2)8-13(11)19-3/h4-6,8,12H,1,7,9H2,2-3H3,(H2,15,16). The van der Waals surface area contributed by atoms with E-state index in [0.29, 0.717) is 19.0 Å². The summed E-state index contributed by atoms with van der Waals surface area (Å²) >= 11 is 0. The first-order chi connectivity index (χ1) is 9.21. The van der Waals surface area contributed by atoms with Gasteiger partial charge in [0.1, 0.15) is 11.5 Å². The summed E-state index contributed by atoms with van der Waals surface area (Å²) in [6, 6.07) is 5.86. The first-order valence-electron chi connectivity index (χ1n) is 6.10. The van der Waals surface area contributed by atoms with Gasteiger partial charge in [-0.05, 0) is 12.1 Å². The summed E-state index contributed by atoms with van der Waals surface area (Å²) in [7, 11) is 3.28. The highest BCUT2D eigenvalue weighted by atomic mass is 16.5. The molecule has 0 aromatic heterocycles. The highest BCUT2D eigenvalue weighted by Gasteiger charge is 2.28. The van der Waals surface area contributed by atoms with Gasteiger partial charge in [0.2, 0.25) is 0 Å². The minimum absolute atomic E-state index is 0.0823. The lowest BCUT2D eigenvalue weighted by atomic mass is 10.0. The SMILES string of the molecule is C=CCN1C(N)=NCC1c1ccc(OC)cc1OC. The molecule has 2 rings (SSSR count). The monoisotopic (exact) mass is 261 g/mol. The zero-order chi connectivity index (χ0) is 13.8. The number of rotatable bonds is 5. The van der Waals surface area contributed by atoms with Crippen molar-refractivity contribution in [2.45, 2.75) is 6.04 Å². The maximum atomic E-state index is 5.90. The van der Waals surface area contributed by atoms with Crippen molar-refractivity contribution in [3.8, 4) is 11.5 Å². The van der Waals surface area contributed by atoms with E-state index in [1.54, 1.807) is 14.2 Å². The van der Waals surface area contributed by atoms with Crippen LogP contribution < -0.4 is 15.2 Å². The van der Waals surface area contributed by atoms with Crippen LogP contribution in [-0.4, -0.2) is 38.2 Å². The van der Waals surface area contributed by atoms with E-state index in [1.165, 1.54) is 0 Å². The van der Waals surface area contributed by atoms with Gasteiger partial charge < -0.3 is 20.1 Å². The first-order valence-corrected chi connectivity index (χ1v) is 6.10. The molecular weight excluding hydrogens is 242 g/mol. The van der Waals surface area contributed by atoms with E-state index in [2.05, 4.69) is 11.6 Å². The van der Waals surface area contributed by atoms with Crippen LogP contribution in [0.15, 0.2) is 35.8 Å². The minimum Gasteiger partial charge on any atom is -0.497 e. The van der Waals surface area contributed by atoms with E-state index in [9.17, 15) is 0 Å². The number of guanidine groups is 1. The Morgan fingerprint density at radius 3 is 2.89 bits per heavy atom. The largest absolute Gasteiger partial charge is 0.497 e. The van der Waals surface area contributed by atoms with Crippen LogP contribution >= 0.6 is 0 Å². The maximum Gasteiger partial charge on any atom is 0.192 e. The molecule has 1 atom stereocenters. The normalized spacial score (nSPS) is 18.1. The fourth-order valence-electron chi connectivity index (χ4n) is 2.25. The van der Waals surface area contributed by atoms with Crippen LogP contribution in [0.1, 0.15) is 11.6 Å². The molecule has 5 nitrogen and oxygen atoms in total. The molecule has 0 aliphatic carbocycles. The third-order valence-corrected chi connectivity index (χ3v) is 3.22. The summed E-state index contributed by atoms with van der Waals surface area (Å²) in [6.07, 6.45) is 1.82. The molecule has 2 N–H and O–H groups in total. The molecule has 1 aliphatic rings. The molecule has 1 unspecified atom stereocenters. The van der Waals surface area contributed by atoms with E-state index < -0.39 is 0 Å². The van der Waals surface area contributed by atoms with Crippen molar-refractivity contribution in [1.82, 2.24) is 4.90 Å². The summed E-state index contributed by atoms with van der Waals surface area (Å²) < 4.78 is 10.6. The molecule has 19 heavy (non-hydrogen) atoms. The van der Waals surface area contributed by atoms with E-state index in [1.807, 2.05) is 29.2 Å². The molecule has 1 aromatic rings. The zero-order valence-corrected chi connectivity index (χ0v) is 11.3. The number of aliphatic imine (C=N–C) groups is 1. The summed E-state index contributed by atoms with van der Waals surface area (Å²) in [5.74, 6) is 2.09. The van der Waals surface area contributed by atoms with Gasteiger partial charge in [-0.15, -0.1) is 6.58 Å². The van der Waals surface area contributed by atoms with E-state index in [4.69, 9.17) is 15.2 Å². The molecule has 0 spiro atoms. The molecular formula is C14H19N3O2. The Balaban J connectivity index is 2.33. The van der Waals surface area contributed by atoms with E-state index in [0.717, 1.165) is 17.1 Å². The highest BCUT2D eigenvalue weighted by Crippen LogP contribution is 2.34. The van der Waals surface area contributed by atoms with Crippen LogP contribution in [0.25, 0.3) is 0 Å². The van der Waals surface area contributed by atoms with Crippen molar-refractivity contribution in [2.24, 2.45) is 10.7 Å². The van der Waals surface area contributed by atoms with Gasteiger partial charge in [-0.25, -0.2) is 0 Å². The second-order valence-electron chi connectivity index (χ2n) is 4.26. The lowest BCUT2D eigenvalue weighted by molar-refractivity contribution is 0.349. The molecule has 0 radical (unpaired) electrons. The smallest absolute Gasteiger partial charge is 0.192 e. The number of benzene rings is 1. The van der Waals surface area contributed by atoms with E-state index in [-0.39, 0.29) is 6.04 Å². The Labute approximate surface area is 113 Å². The van der Waals surface area contributed by atoms with Crippen molar-refractivity contribution in [3.05, 3.63) is 36.4 Å². The number of ether oxygens (including phenoxy) is 2. The van der Waals surface area contributed by atoms with E-state index >= 15 is 0 Å². The second-order valence-corrected chi connectivity index (χ2v) is 4.26. The summed E-state index contributed by atoms with van der Waals surface area (Å²) in [5.41, 5.74) is 6.95. The van der Waals surface area contributed by atoms with Crippen molar-refractivity contribution in [3.63, 3.8) is 0 Å². The van der Waals surface area contributed by atoms with Crippen molar-refractivity contribution >= 4 is 5.96 Å². The van der Waals surface area contributed by atoms with Crippen LogP contribution in [0.5, 0.6) is 11.5 Å². The van der Waals surface area contributed by atoms with Crippen LogP contribution in [0, 0.1) is 0 Å². The number of hydrogen-bond donors (Lipinski definition) is 1. The topological polar surface area (TPSA) is 60.1 Å². The fourth-order valence-corrected chi connectivity index (χ4v) is 2.25. The molecule has 1 aromatic carbocycles. The van der Waals surface area contributed by atoms with Crippen LogP contribution in [-0.2, 0) is 0 Å². The van der Waals surface area contributed by atoms with Crippen molar-refractivity contribution in [1.29, 1.82) is 0 Å². The van der Waals surface area contributed by atoms with Gasteiger partial charge in [-0.2, -0.15) is 0 Å². The van der Waals surface area contributed by atoms with Crippen molar-refractivity contribution < 1.29 is 9.47 Å². The first kappa shape index (κ1) is 13.3. The van der Waals surface area contributed by atoms with Crippen LogP contribution in [0.4, 0.5) is 0 Å². The minimum atomic E-state index is 0.0823. The number of hydrogen-bond acceptors (Lipinski definition) is 5. The Morgan fingerprint density at radius 2 is 2.26 bits per heavy atom. The molecule has 0 bridgehead atoms. The number of nitrogens with two attached hydrogens (primary N) is 1. The fraction of sp³-hybridized carbons (Fsp3) is 0.357. The Kier molecular flexibility index (Phi) is 3.94. The van der Waals surface area contributed by atoms with Crippen LogP contribution in [0.3, 0.4) is 0 Å². The molecule has 0 saturated heterocycles. The second kappa shape index (κ2) is 5.65. The predicted molar refractivity (Wildman–Crippen MR) is 75.7 cm³/mol.